The van der Waals surface area contributed by atoms with Crippen LogP contribution in [0.5, 0.6) is 5.75 Å². The standard InChI is InChI=1S/C23H26FNOS/c1-16-20(9-7-15-26-21-10-6-5-8-19(21)24)25-22(27-16)17-11-13-18(14-12-17)23(2,3)4/h5-6,8,10-14H,7,9,15H2,1-4H3. The van der Waals surface area contributed by atoms with Crippen LogP contribution < -0.4 is 4.74 Å². The molecule has 2 aromatic carbocycles. The second-order valence-corrected chi connectivity index (χ2v) is 8.93. The molecule has 142 valence electrons. The lowest BCUT2D eigenvalue weighted by Crippen LogP contribution is -2.10. The van der Waals surface area contributed by atoms with Crippen LogP contribution >= 0.6 is 11.3 Å². The van der Waals surface area contributed by atoms with Crippen LogP contribution in [0.25, 0.3) is 10.6 Å². The molecule has 0 amide bonds. The van der Waals surface area contributed by atoms with E-state index in [2.05, 4.69) is 52.0 Å². The zero-order valence-electron chi connectivity index (χ0n) is 16.4. The Morgan fingerprint density at radius 1 is 1.04 bits per heavy atom. The fourth-order valence-electron chi connectivity index (χ4n) is 2.88. The Balaban J connectivity index is 1.60. The van der Waals surface area contributed by atoms with Crippen molar-refractivity contribution in [3.8, 4) is 16.3 Å². The van der Waals surface area contributed by atoms with E-state index >= 15 is 0 Å². The highest BCUT2D eigenvalue weighted by atomic mass is 32.1. The maximum atomic E-state index is 13.6. The van der Waals surface area contributed by atoms with Gasteiger partial charge in [0, 0.05) is 10.4 Å². The summed E-state index contributed by atoms with van der Waals surface area (Å²) < 4.78 is 19.1. The van der Waals surface area contributed by atoms with Gasteiger partial charge in [-0.05, 0) is 42.9 Å². The van der Waals surface area contributed by atoms with Gasteiger partial charge in [-0.2, -0.15) is 0 Å². The molecule has 0 saturated carbocycles. The summed E-state index contributed by atoms with van der Waals surface area (Å²) in [6.45, 7) is 9.25. The van der Waals surface area contributed by atoms with Crippen LogP contribution in [0.1, 0.15) is 43.3 Å². The van der Waals surface area contributed by atoms with Crippen molar-refractivity contribution in [2.75, 3.05) is 6.61 Å². The number of thiazole rings is 1. The first kappa shape index (κ1) is 19.6. The van der Waals surface area contributed by atoms with E-state index in [-0.39, 0.29) is 11.2 Å². The maximum absolute atomic E-state index is 13.6. The number of aromatic nitrogens is 1. The number of aryl methyl sites for hydroxylation is 2. The van der Waals surface area contributed by atoms with Crippen LogP contribution in [0.15, 0.2) is 48.5 Å². The number of benzene rings is 2. The summed E-state index contributed by atoms with van der Waals surface area (Å²) in [5, 5.41) is 1.05. The molecule has 0 N–H and O–H groups in total. The van der Waals surface area contributed by atoms with Crippen LogP contribution in [0.3, 0.4) is 0 Å². The lowest BCUT2D eigenvalue weighted by atomic mass is 9.87. The van der Waals surface area contributed by atoms with Gasteiger partial charge in [0.05, 0.1) is 12.3 Å². The van der Waals surface area contributed by atoms with Gasteiger partial charge in [-0.3, -0.25) is 0 Å². The third kappa shape index (κ3) is 4.95. The molecule has 0 fully saturated rings. The highest BCUT2D eigenvalue weighted by molar-refractivity contribution is 7.15. The van der Waals surface area contributed by atoms with E-state index < -0.39 is 0 Å². The lowest BCUT2D eigenvalue weighted by molar-refractivity contribution is 0.295. The molecule has 0 spiro atoms. The Labute approximate surface area is 165 Å². The molecule has 1 aromatic heterocycles. The Morgan fingerprint density at radius 3 is 2.41 bits per heavy atom. The zero-order valence-corrected chi connectivity index (χ0v) is 17.2. The van der Waals surface area contributed by atoms with Gasteiger partial charge in [0.25, 0.3) is 0 Å². The van der Waals surface area contributed by atoms with Gasteiger partial charge in [0.15, 0.2) is 11.6 Å². The average Bonchev–Trinajstić information content (AvgIpc) is 3.00. The molecular formula is C23H26FNOS. The van der Waals surface area contributed by atoms with E-state index in [0.29, 0.717) is 12.4 Å². The van der Waals surface area contributed by atoms with E-state index in [1.165, 1.54) is 16.5 Å². The highest BCUT2D eigenvalue weighted by Gasteiger charge is 2.14. The van der Waals surface area contributed by atoms with Gasteiger partial charge in [-0.15, -0.1) is 11.3 Å². The van der Waals surface area contributed by atoms with E-state index in [0.717, 1.165) is 29.1 Å². The van der Waals surface area contributed by atoms with Gasteiger partial charge in [0.1, 0.15) is 5.01 Å². The second kappa shape index (κ2) is 8.22. The molecule has 0 bridgehead atoms. The van der Waals surface area contributed by atoms with Gasteiger partial charge in [0.2, 0.25) is 0 Å². The first-order valence-electron chi connectivity index (χ1n) is 9.29. The summed E-state index contributed by atoms with van der Waals surface area (Å²) in [7, 11) is 0. The molecule has 0 unspecified atom stereocenters. The summed E-state index contributed by atoms with van der Waals surface area (Å²) in [6.07, 6.45) is 1.64. The molecule has 0 atom stereocenters. The summed E-state index contributed by atoms with van der Waals surface area (Å²) in [5.74, 6) is -0.00421. The smallest absolute Gasteiger partial charge is 0.165 e. The molecule has 0 aliphatic carbocycles. The molecule has 27 heavy (non-hydrogen) atoms. The summed E-state index contributed by atoms with van der Waals surface area (Å²) in [6, 6.07) is 15.2. The average molecular weight is 384 g/mol. The molecule has 0 aliphatic rings. The molecular weight excluding hydrogens is 357 g/mol. The summed E-state index contributed by atoms with van der Waals surface area (Å²) in [5.41, 5.74) is 3.74. The highest BCUT2D eigenvalue weighted by Crippen LogP contribution is 2.30. The van der Waals surface area contributed by atoms with E-state index in [4.69, 9.17) is 9.72 Å². The van der Waals surface area contributed by atoms with Crippen molar-refractivity contribution in [2.24, 2.45) is 0 Å². The molecule has 1 heterocycles. The first-order valence-corrected chi connectivity index (χ1v) is 10.1. The molecule has 3 rings (SSSR count). The molecule has 4 heteroatoms. The van der Waals surface area contributed by atoms with Crippen molar-refractivity contribution in [3.63, 3.8) is 0 Å². The monoisotopic (exact) mass is 383 g/mol. The zero-order chi connectivity index (χ0) is 19.4. The van der Waals surface area contributed by atoms with E-state index in [1.807, 2.05) is 0 Å². The van der Waals surface area contributed by atoms with Crippen LogP contribution in [0.4, 0.5) is 4.39 Å². The summed E-state index contributed by atoms with van der Waals surface area (Å²) >= 11 is 1.73. The Morgan fingerprint density at radius 2 is 1.74 bits per heavy atom. The summed E-state index contributed by atoms with van der Waals surface area (Å²) in [4.78, 5) is 6.06. The largest absolute Gasteiger partial charge is 0.491 e. The number of para-hydroxylation sites is 1. The minimum absolute atomic E-state index is 0.153. The Hall–Kier alpha value is -2.20. The maximum Gasteiger partial charge on any atom is 0.165 e. The number of hydrogen-bond acceptors (Lipinski definition) is 3. The quantitative estimate of drug-likeness (QED) is 0.449. The van der Waals surface area contributed by atoms with Gasteiger partial charge >= 0.3 is 0 Å². The van der Waals surface area contributed by atoms with Crippen molar-refractivity contribution in [1.29, 1.82) is 0 Å². The predicted octanol–water partition coefficient (Wildman–Crippen LogP) is 6.57. The van der Waals surface area contributed by atoms with Crippen LogP contribution in [0, 0.1) is 12.7 Å². The van der Waals surface area contributed by atoms with Crippen LogP contribution in [-0.2, 0) is 11.8 Å². The number of rotatable bonds is 6. The topological polar surface area (TPSA) is 22.1 Å². The first-order chi connectivity index (χ1) is 12.8. The number of hydrogen-bond donors (Lipinski definition) is 0. The Bertz CT molecular complexity index is 893. The van der Waals surface area contributed by atoms with E-state index in [9.17, 15) is 4.39 Å². The molecule has 0 radical (unpaired) electrons. The third-order valence-electron chi connectivity index (χ3n) is 4.54. The minimum Gasteiger partial charge on any atom is -0.491 e. The number of ether oxygens (including phenoxy) is 1. The van der Waals surface area contributed by atoms with Crippen molar-refractivity contribution in [1.82, 2.24) is 4.98 Å². The van der Waals surface area contributed by atoms with Crippen molar-refractivity contribution in [2.45, 2.75) is 46.0 Å². The van der Waals surface area contributed by atoms with Crippen molar-refractivity contribution in [3.05, 3.63) is 70.5 Å². The van der Waals surface area contributed by atoms with Gasteiger partial charge < -0.3 is 4.74 Å². The fourth-order valence-corrected chi connectivity index (χ4v) is 3.85. The third-order valence-corrected chi connectivity index (χ3v) is 5.60. The predicted molar refractivity (Wildman–Crippen MR) is 111 cm³/mol. The molecule has 0 saturated heterocycles. The Kier molecular flexibility index (Phi) is 5.95. The van der Waals surface area contributed by atoms with Crippen molar-refractivity contribution < 1.29 is 9.13 Å². The normalized spacial score (nSPS) is 11.6. The molecule has 2 nitrogen and oxygen atoms in total. The fraction of sp³-hybridized carbons (Fsp3) is 0.348. The lowest BCUT2D eigenvalue weighted by Gasteiger charge is -2.18. The molecule has 3 aromatic rings. The SMILES string of the molecule is Cc1sc(-c2ccc(C(C)(C)C)cc2)nc1CCCOc1ccccc1F. The van der Waals surface area contributed by atoms with Gasteiger partial charge in [-0.1, -0.05) is 57.2 Å². The van der Waals surface area contributed by atoms with Crippen molar-refractivity contribution >= 4 is 11.3 Å². The van der Waals surface area contributed by atoms with Gasteiger partial charge in [-0.25, -0.2) is 9.37 Å². The number of halogens is 1. The molecule has 0 aliphatic heterocycles. The van der Waals surface area contributed by atoms with Crippen LogP contribution in [-0.4, -0.2) is 11.6 Å². The second-order valence-electron chi connectivity index (χ2n) is 7.73. The minimum atomic E-state index is -0.316. The number of nitrogens with zero attached hydrogens (tertiary/aromatic N) is 1. The van der Waals surface area contributed by atoms with E-state index in [1.54, 1.807) is 29.5 Å². The van der Waals surface area contributed by atoms with Crippen LogP contribution in [0.2, 0.25) is 0 Å².